The van der Waals surface area contributed by atoms with E-state index in [1.807, 2.05) is 31.2 Å². The molecular weight excluding hydrogens is 474 g/mol. The van der Waals surface area contributed by atoms with Crippen LogP contribution < -0.4 is 14.2 Å². The molecule has 0 aliphatic carbocycles. The van der Waals surface area contributed by atoms with E-state index in [-0.39, 0.29) is 23.6 Å². The number of aromatic nitrogens is 2. The van der Waals surface area contributed by atoms with Crippen LogP contribution in [0, 0.1) is 6.92 Å². The van der Waals surface area contributed by atoms with E-state index in [2.05, 4.69) is 5.10 Å². The smallest absolute Gasteiger partial charge is 0.257 e. The van der Waals surface area contributed by atoms with Crippen LogP contribution in [0.25, 0.3) is 16.9 Å². The van der Waals surface area contributed by atoms with Gasteiger partial charge in [-0.25, -0.2) is 4.68 Å². The van der Waals surface area contributed by atoms with E-state index in [1.54, 1.807) is 36.1 Å². The topological polar surface area (TPSA) is 106 Å². The highest BCUT2D eigenvalue weighted by Gasteiger charge is 2.23. The molecule has 192 valence electrons. The quantitative estimate of drug-likeness (QED) is 0.363. The summed E-state index contributed by atoms with van der Waals surface area (Å²) < 4.78 is 17.9. The molecule has 1 amide bonds. The standard InChI is InChI=1S/C28H29N3O6/c1-17-8-6-7-9-21(17)31-22(10-11-29-31)19-14-20(24(33)15-23(19)32)28(34)30(2)16-18-12-25(35-3)27(37-5)26(13-18)36-4/h6-15,32-33H,16H2,1-5H3. The molecule has 0 fully saturated rings. The summed E-state index contributed by atoms with van der Waals surface area (Å²) in [5, 5.41) is 25.7. The van der Waals surface area contributed by atoms with Crippen molar-refractivity contribution in [3.8, 4) is 45.7 Å². The number of carbonyl (C=O) groups excluding carboxylic acids is 1. The molecule has 1 aromatic heterocycles. The summed E-state index contributed by atoms with van der Waals surface area (Å²) in [6, 6.07) is 15.6. The Morgan fingerprint density at radius 3 is 2.24 bits per heavy atom. The van der Waals surface area contributed by atoms with Gasteiger partial charge in [-0.1, -0.05) is 18.2 Å². The van der Waals surface area contributed by atoms with Crippen molar-refractivity contribution in [1.29, 1.82) is 0 Å². The van der Waals surface area contributed by atoms with Crippen molar-refractivity contribution >= 4 is 5.91 Å². The number of amides is 1. The van der Waals surface area contributed by atoms with Crippen molar-refractivity contribution in [2.45, 2.75) is 13.5 Å². The van der Waals surface area contributed by atoms with E-state index >= 15 is 0 Å². The maximum atomic E-state index is 13.4. The minimum absolute atomic E-state index is 0.0419. The van der Waals surface area contributed by atoms with Crippen molar-refractivity contribution in [3.63, 3.8) is 0 Å². The number of benzene rings is 3. The Kier molecular flexibility index (Phi) is 7.24. The number of aryl methyl sites for hydroxylation is 1. The first-order valence-electron chi connectivity index (χ1n) is 11.5. The van der Waals surface area contributed by atoms with Gasteiger partial charge in [-0.2, -0.15) is 5.10 Å². The highest BCUT2D eigenvalue weighted by Crippen LogP contribution is 2.39. The lowest BCUT2D eigenvalue weighted by Crippen LogP contribution is -2.26. The Bertz CT molecular complexity index is 1420. The molecule has 3 aromatic carbocycles. The molecule has 0 spiro atoms. The van der Waals surface area contributed by atoms with E-state index in [4.69, 9.17) is 14.2 Å². The molecular formula is C28H29N3O6. The molecule has 0 aliphatic heterocycles. The first-order chi connectivity index (χ1) is 17.8. The third kappa shape index (κ3) is 4.88. The lowest BCUT2D eigenvalue weighted by atomic mass is 10.0. The molecule has 0 unspecified atom stereocenters. The number of phenolic OH excluding ortho intramolecular Hbond substituents is 2. The van der Waals surface area contributed by atoms with Crippen LogP contribution in [0.4, 0.5) is 0 Å². The van der Waals surface area contributed by atoms with Crippen LogP contribution >= 0.6 is 0 Å². The van der Waals surface area contributed by atoms with Crippen molar-refractivity contribution < 1.29 is 29.2 Å². The lowest BCUT2D eigenvalue weighted by Gasteiger charge is -2.21. The number of aromatic hydroxyl groups is 2. The normalized spacial score (nSPS) is 10.7. The second kappa shape index (κ2) is 10.5. The van der Waals surface area contributed by atoms with Gasteiger partial charge in [-0.3, -0.25) is 4.79 Å². The number of phenols is 2. The second-order valence-corrected chi connectivity index (χ2v) is 8.50. The van der Waals surface area contributed by atoms with Crippen molar-refractivity contribution in [2.75, 3.05) is 28.4 Å². The monoisotopic (exact) mass is 503 g/mol. The van der Waals surface area contributed by atoms with Crippen LogP contribution in [-0.4, -0.2) is 59.2 Å². The maximum Gasteiger partial charge on any atom is 0.257 e. The highest BCUT2D eigenvalue weighted by atomic mass is 16.5. The number of rotatable bonds is 8. The first-order valence-corrected chi connectivity index (χ1v) is 11.5. The predicted molar refractivity (Wildman–Crippen MR) is 139 cm³/mol. The van der Waals surface area contributed by atoms with Crippen LogP contribution in [-0.2, 0) is 6.54 Å². The fourth-order valence-electron chi connectivity index (χ4n) is 4.23. The molecule has 2 N–H and O–H groups in total. The van der Waals surface area contributed by atoms with Gasteiger partial charge in [-0.05, 0) is 48.4 Å². The number of carbonyl (C=O) groups is 1. The summed E-state index contributed by atoms with van der Waals surface area (Å²) in [7, 11) is 6.18. The average Bonchev–Trinajstić information content (AvgIpc) is 3.37. The zero-order valence-corrected chi connectivity index (χ0v) is 21.3. The number of methoxy groups -OCH3 is 3. The molecule has 9 heteroatoms. The molecule has 0 bridgehead atoms. The molecule has 37 heavy (non-hydrogen) atoms. The van der Waals surface area contributed by atoms with Crippen LogP contribution in [0.2, 0.25) is 0 Å². The molecule has 0 radical (unpaired) electrons. The number of para-hydroxylation sites is 1. The van der Waals surface area contributed by atoms with Gasteiger partial charge < -0.3 is 29.3 Å². The minimum Gasteiger partial charge on any atom is -0.507 e. The molecule has 4 rings (SSSR count). The van der Waals surface area contributed by atoms with Crippen molar-refractivity contribution in [2.24, 2.45) is 0 Å². The summed E-state index contributed by atoms with van der Waals surface area (Å²) in [6.45, 7) is 2.16. The third-order valence-electron chi connectivity index (χ3n) is 6.10. The van der Waals surface area contributed by atoms with Crippen molar-refractivity contribution in [1.82, 2.24) is 14.7 Å². The molecule has 0 aliphatic rings. The summed E-state index contributed by atoms with van der Waals surface area (Å²) in [5.41, 5.74) is 3.55. The van der Waals surface area contributed by atoms with Crippen LogP contribution in [0.3, 0.4) is 0 Å². The van der Waals surface area contributed by atoms with Gasteiger partial charge in [0.1, 0.15) is 11.5 Å². The lowest BCUT2D eigenvalue weighted by molar-refractivity contribution is 0.0782. The summed E-state index contributed by atoms with van der Waals surface area (Å²) in [6.07, 6.45) is 1.62. The van der Waals surface area contributed by atoms with Gasteiger partial charge in [0.2, 0.25) is 5.75 Å². The molecule has 0 saturated heterocycles. The number of nitrogens with zero attached hydrogens (tertiary/aromatic N) is 3. The Hall–Kier alpha value is -4.66. The van der Waals surface area contributed by atoms with E-state index in [1.165, 1.54) is 38.4 Å². The highest BCUT2D eigenvalue weighted by molar-refractivity contribution is 5.98. The van der Waals surface area contributed by atoms with Gasteiger partial charge in [-0.15, -0.1) is 0 Å². The van der Waals surface area contributed by atoms with Crippen LogP contribution in [0.5, 0.6) is 28.7 Å². The van der Waals surface area contributed by atoms with Gasteiger partial charge in [0.15, 0.2) is 11.5 Å². The SMILES string of the molecule is COc1cc(CN(C)C(=O)c2cc(-c3ccnn3-c3ccccc3C)c(O)cc2O)cc(OC)c1OC. The van der Waals surface area contributed by atoms with E-state index in [0.717, 1.165) is 16.8 Å². The Balaban J connectivity index is 1.69. The Morgan fingerprint density at radius 2 is 1.62 bits per heavy atom. The van der Waals surface area contributed by atoms with Crippen LogP contribution in [0.1, 0.15) is 21.5 Å². The Labute approximate surface area is 215 Å². The maximum absolute atomic E-state index is 13.4. The summed E-state index contributed by atoms with van der Waals surface area (Å²) >= 11 is 0. The second-order valence-electron chi connectivity index (χ2n) is 8.50. The number of hydrogen-bond acceptors (Lipinski definition) is 7. The molecule has 1 heterocycles. The zero-order valence-electron chi connectivity index (χ0n) is 21.3. The summed E-state index contributed by atoms with van der Waals surface area (Å²) in [4.78, 5) is 14.9. The summed E-state index contributed by atoms with van der Waals surface area (Å²) in [5.74, 6) is 0.457. The van der Waals surface area contributed by atoms with Crippen molar-refractivity contribution in [3.05, 3.63) is 77.5 Å². The zero-order chi connectivity index (χ0) is 26.7. The molecule has 9 nitrogen and oxygen atoms in total. The van der Waals surface area contributed by atoms with Crippen LogP contribution in [0.15, 0.2) is 60.8 Å². The van der Waals surface area contributed by atoms with Gasteiger partial charge in [0.25, 0.3) is 5.91 Å². The molecule has 4 aromatic rings. The third-order valence-corrected chi connectivity index (χ3v) is 6.10. The van der Waals surface area contributed by atoms with E-state index in [9.17, 15) is 15.0 Å². The largest absolute Gasteiger partial charge is 0.507 e. The number of ether oxygens (including phenoxy) is 3. The van der Waals surface area contributed by atoms with Gasteiger partial charge in [0.05, 0.1) is 44.5 Å². The van der Waals surface area contributed by atoms with Gasteiger partial charge >= 0.3 is 0 Å². The van der Waals surface area contributed by atoms with E-state index in [0.29, 0.717) is 28.5 Å². The van der Waals surface area contributed by atoms with Gasteiger partial charge in [0, 0.05) is 25.2 Å². The first kappa shape index (κ1) is 25.4. The van der Waals surface area contributed by atoms with E-state index < -0.39 is 5.91 Å². The minimum atomic E-state index is -0.436. The fraction of sp³-hybridized carbons (Fsp3) is 0.214. The predicted octanol–water partition coefficient (Wildman–Crippen LogP) is 4.56. The fourth-order valence-corrected chi connectivity index (χ4v) is 4.23. The Morgan fingerprint density at radius 1 is 0.946 bits per heavy atom. The average molecular weight is 504 g/mol. The molecule has 0 saturated carbocycles. The molecule has 0 atom stereocenters. The number of hydrogen-bond donors (Lipinski definition) is 2.